The molecule has 0 bridgehead atoms. The van der Waals surface area contributed by atoms with Gasteiger partial charge in [-0.2, -0.15) is 0 Å². The lowest BCUT2D eigenvalue weighted by atomic mass is 9.99. The Hall–Kier alpha value is -1.22. The molecule has 0 aliphatic carbocycles. The lowest BCUT2D eigenvalue weighted by molar-refractivity contribution is 0.347. The molecule has 3 heteroatoms. The molecule has 1 aromatic rings. The molecule has 0 fully saturated rings. The predicted octanol–water partition coefficient (Wildman–Crippen LogP) is 2.34. The van der Waals surface area contributed by atoms with Crippen molar-refractivity contribution in [2.45, 2.75) is 26.8 Å². The molecule has 0 aliphatic rings. The van der Waals surface area contributed by atoms with Crippen molar-refractivity contribution in [2.24, 2.45) is 5.73 Å². The fraction of sp³-hybridized carbons (Fsp3) is 0.500. The van der Waals surface area contributed by atoms with E-state index in [1.807, 2.05) is 20.8 Å². The lowest BCUT2D eigenvalue weighted by Crippen LogP contribution is -2.09. The van der Waals surface area contributed by atoms with Gasteiger partial charge in [0, 0.05) is 11.6 Å². The Morgan fingerprint density at radius 2 is 1.67 bits per heavy atom. The topological polar surface area (TPSA) is 44.5 Å². The molecule has 0 heterocycles. The molecule has 1 rings (SSSR count). The van der Waals surface area contributed by atoms with Crippen molar-refractivity contribution in [1.29, 1.82) is 0 Å². The number of nitrogens with two attached hydrogens (primary N) is 1. The third-order valence-electron chi connectivity index (χ3n) is 2.67. The van der Waals surface area contributed by atoms with Crippen LogP contribution in [-0.4, -0.2) is 14.2 Å². The van der Waals surface area contributed by atoms with E-state index in [1.54, 1.807) is 14.2 Å². The average molecular weight is 209 g/mol. The quantitative estimate of drug-likeness (QED) is 0.831. The van der Waals surface area contributed by atoms with Crippen LogP contribution in [0.2, 0.25) is 0 Å². The van der Waals surface area contributed by atoms with Crippen molar-refractivity contribution in [1.82, 2.24) is 0 Å². The van der Waals surface area contributed by atoms with E-state index in [9.17, 15) is 0 Å². The summed E-state index contributed by atoms with van der Waals surface area (Å²) in [6.45, 7) is 6.00. The zero-order valence-corrected chi connectivity index (χ0v) is 10.0. The Labute approximate surface area is 91.2 Å². The SMILES string of the molecule is COc1c(C(C)N)cc(C)c(C)c1OC. The molecular weight excluding hydrogens is 190 g/mol. The Kier molecular flexibility index (Phi) is 3.58. The maximum Gasteiger partial charge on any atom is 0.165 e. The van der Waals surface area contributed by atoms with Crippen molar-refractivity contribution in [3.63, 3.8) is 0 Å². The third kappa shape index (κ3) is 2.07. The molecule has 0 aromatic heterocycles. The maximum atomic E-state index is 5.90. The fourth-order valence-corrected chi connectivity index (χ4v) is 1.68. The van der Waals surface area contributed by atoms with Crippen molar-refractivity contribution in [3.8, 4) is 11.5 Å². The number of rotatable bonds is 3. The first kappa shape index (κ1) is 11.9. The highest BCUT2D eigenvalue weighted by Gasteiger charge is 2.17. The van der Waals surface area contributed by atoms with Gasteiger partial charge in [-0.25, -0.2) is 0 Å². The van der Waals surface area contributed by atoms with Gasteiger partial charge in [0.25, 0.3) is 0 Å². The smallest absolute Gasteiger partial charge is 0.165 e. The van der Waals surface area contributed by atoms with Crippen LogP contribution < -0.4 is 15.2 Å². The second kappa shape index (κ2) is 4.53. The molecule has 1 aromatic carbocycles. The predicted molar refractivity (Wildman–Crippen MR) is 61.6 cm³/mol. The monoisotopic (exact) mass is 209 g/mol. The minimum Gasteiger partial charge on any atom is -0.493 e. The van der Waals surface area contributed by atoms with Gasteiger partial charge >= 0.3 is 0 Å². The van der Waals surface area contributed by atoms with Crippen molar-refractivity contribution >= 4 is 0 Å². The van der Waals surface area contributed by atoms with Crippen LogP contribution in [0.1, 0.15) is 29.7 Å². The zero-order chi connectivity index (χ0) is 11.6. The summed E-state index contributed by atoms with van der Waals surface area (Å²) in [4.78, 5) is 0. The van der Waals surface area contributed by atoms with Gasteiger partial charge in [-0.3, -0.25) is 0 Å². The van der Waals surface area contributed by atoms with E-state index in [2.05, 4.69) is 6.07 Å². The number of aryl methyl sites for hydroxylation is 1. The minimum absolute atomic E-state index is 0.0619. The summed E-state index contributed by atoms with van der Waals surface area (Å²) in [6, 6.07) is 1.99. The van der Waals surface area contributed by atoms with Crippen LogP contribution in [0.25, 0.3) is 0 Å². The first-order valence-electron chi connectivity index (χ1n) is 5.00. The highest BCUT2D eigenvalue weighted by Crippen LogP contribution is 2.38. The molecule has 3 nitrogen and oxygen atoms in total. The van der Waals surface area contributed by atoms with Crippen LogP contribution in [0.15, 0.2) is 6.07 Å². The average Bonchev–Trinajstić information content (AvgIpc) is 2.20. The van der Waals surface area contributed by atoms with Gasteiger partial charge in [0.1, 0.15) is 0 Å². The molecule has 84 valence electrons. The van der Waals surface area contributed by atoms with Gasteiger partial charge in [-0.15, -0.1) is 0 Å². The number of benzene rings is 1. The van der Waals surface area contributed by atoms with Crippen LogP contribution in [0.3, 0.4) is 0 Å². The lowest BCUT2D eigenvalue weighted by Gasteiger charge is -2.18. The summed E-state index contributed by atoms with van der Waals surface area (Å²) in [7, 11) is 3.29. The summed E-state index contributed by atoms with van der Waals surface area (Å²) in [5.41, 5.74) is 9.14. The van der Waals surface area contributed by atoms with E-state index in [4.69, 9.17) is 15.2 Å². The van der Waals surface area contributed by atoms with Crippen molar-refractivity contribution in [2.75, 3.05) is 14.2 Å². The summed E-state index contributed by atoms with van der Waals surface area (Å²) < 4.78 is 10.7. The highest BCUT2D eigenvalue weighted by molar-refractivity contribution is 5.55. The van der Waals surface area contributed by atoms with Crippen molar-refractivity contribution < 1.29 is 9.47 Å². The maximum absolute atomic E-state index is 5.90. The molecule has 0 amide bonds. The normalized spacial score (nSPS) is 12.4. The van der Waals surface area contributed by atoms with E-state index in [1.165, 1.54) is 5.56 Å². The molecule has 0 spiro atoms. The Balaban J connectivity index is 3.47. The van der Waals surface area contributed by atoms with Gasteiger partial charge in [-0.1, -0.05) is 6.07 Å². The van der Waals surface area contributed by atoms with Crippen LogP contribution in [0, 0.1) is 13.8 Å². The molecule has 2 N–H and O–H groups in total. The first-order valence-corrected chi connectivity index (χ1v) is 5.00. The fourth-order valence-electron chi connectivity index (χ4n) is 1.68. The molecule has 0 radical (unpaired) electrons. The van der Waals surface area contributed by atoms with E-state index in [-0.39, 0.29) is 6.04 Å². The molecule has 1 unspecified atom stereocenters. The second-order valence-electron chi connectivity index (χ2n) is 3.76. The van der Waals surface area contributed by atoms with Crippen molar-refractivity contribution in [3.05, 3.63) is 22.8 Å². The minimum atomic E-state index is -0.0619. The number of hydrogen-bond donors (Lipinski definition) is 1. The largest absolute Gasteiger partial charge is 0.493 e. The summed E-state index contributed by atoms with van der Waals surface area (Å²) in [5, 5.41) is 0. The van der Waals surface area contributed by atoms with E-state index < -0.39 is 0 Å². The van der Waals surface area contributed by atoms with E-state index in [0.29, 0.717) is 0 Å². The number of hydrogen-bond acceptors (Lipinski definition) is 3. The molecule has 1 atom stereocenters. The van der Waals surface area contributed by atoms with Crippen LogP contribution >= 0.6 is 0 Å². The van der Waals surface area contributed by atoms with Gasteiger partial charge in [-0.05, 0) is 31.9 Å². The Bertz CT molecular complexity index is 359. The van der Waals surface area contributed by atoms with Crippen LogP contribution in [-0.2, 0) is 0 Å². The summed E-state index contributed by atoms with van der Waals surface area (Å²) in [6.07, 6.45) is 0. The zero-order valence-electron chi connectivity index (χ0n) is 10.0. The van der Waals surface area contributed by atoms with E-state index >= 15 is 0 Å². The molecule has 15 heavy (non-hydrogen) atoms. The number of methoxy groups -OCH3 is 2. The Morgan fingerprint density at radius 3 is 2.07 bits per heavy atom. The summed E-state index contributed by atoms with van der Waals surface area (Å²) >= 11 is 0. The van der Waals surface area contributed by atoms with Gasteiger partial charge < -0.3 is 15.2 Å². The van der Waals surface area contributed by atoms with Gasteiger partial charge in [0.05, 0.1) is 14.2 Å². The second-order valence-corrected chi connectivity index (χ2v) is 3.76. The van der Waals surface area contributed by atoms with Gasteiger partial charge in [0.15, 0.2) is 11.5 Å². The number of ether oxygens (including phenoxy) is 2. The van der Waals surface area contributed by atoms with Crippen LogP contribution in [0.5, 0.6) is 11.5 Å². The third-order valence-corrected chi connectivity index (χ3v) is 2.67. The van der Waals surface area contributed by atoms with E-state index in [0.717, 1.165) is 22.6 Å². The first-order chi connectivity index (χ1) is 7.02. The molecule has 0 saturated carbocycles. The standard InChI is InChI=1S/C12H19NO2/c1-7-6-10(9(3)13)12(15-5)11(14-4)8(7)2/h6,9H,13H2,1-5H3. The Morgan fingerprint density at radius 1 is 1.13 bits per heavy atom. The van der Waals surface area contributed by atoms with Gasteiger partial charge in [0.2, 0.25) is 0 Å². The molecule has 0 saturated heterocycles. The molecule has 0 aliphatic heterocycles. The molecular formula is C12H19NO2. The highest BCUT2D eigenvalue weighted by atomic mass is 16.5. The van der Waals surface area contributed by atoms with Crippen LogP contribution in [0.4, 0.5) is 0 Å². The summed E-state index contributed by atoms with van der Waals surface area (Å²) in [5.74, 6) is 1.53.